The highest BCUT2D eigenvalue weighted by Gasteiger charge is 2.42. The van der Waals surface area contributed by atoms with Crippen molar-refractivity contribution in [2.45, 2.75) is 69.2 Å². The zero-order valence-electron chi connectivity index (χ0n) is 20.3. The van der Waals surface area contributed by atoms with E-state index in [-0.39, 0.29) is 11.4 Å². The molecule has 4 rings (SSSR count). The topological polar surface area (TPSA) is 67.4 Å². The highest BCUT2D eigenvalue weighted by atomic mass is 35.5. The van der Waals surface area contributed by atoms with Crippen LogP contribution in [0.25, 0.3) is 11.1 Å². The summed E-state index contributed by atoms with van der Waals surface area (Å²) in [6, 6.07) is 8.08. The number of nitrogens with one attached hydrogen (secondary N) is 3. The third-order valence-corrected chi connectivity index (χ3v) is 7.28. The van der Waals surface area contributed by atoms with Crippen molar-refractivity contribution in [3.05, 3.63) is 41.3 Å². The summed E-state index contributed by atoms with van der Waals surface area (Å²) in [6.45, 7) is 3.57. The van der Waals surface area contributed by atoms with Gasteiger partial charge in [0.05, 0.1) is 17.2 Å². The van der Waals surface area contributed by atoms with E-state index in [1.165, 1.54) is 6.07 Å². The SMILES string of the molecule is COC[C@H](C)N[C@H]1CC[C@H](Nc2cc(-c3cc(NCC4(OC)CC4)ccc3F)c(Cl)cn2)CC1. The third-order valence-electron chi connectivity index (χ3n) is 6.98. The molecular weight excluding hydrogens is 455 g/mol. The van der Waals surface area contributed by atoms with Crippen LogP contribution in [-0.2, 0) is 9.47 Å². The van der Waals surface area contributed by atoms with Crippen LogP contribution in [0.1, 0.15) is 45.4 Å². The molecule has 2 fully saturated rings. The van der Waals surface area contributed by atoms with E-state index in [0.29, 0.717) is 40.8 Å². The lowest BCUT2D eigenvalue weighted by molar-refractivity contribution is 0.0914. The van der Waals surface area contributed by atoms with Crippen molar-refractivity contribution in [1.29, 1.82) is 0 Å². The molecule has 0 amide bonds. The van der Waals surface area contributed by atoms with Crippen LogP contribution in [0.4, 0.5) is 15.9 Å². The van der Waals surface area contributed by atoms with Crippen molar-refractivity contribution in [3.8, 4) is 11.1 Å². The minimum atomic E-state index is -0.311. The van der Waals surface area contributed by atoms with E-state index in [2.05, 4.69) is 27.9 Å². The summed E-state index contributed by atoms with van der Waals surface area (Å²) in [5.41, 5.74) is 1.85. The second kappa shape index (κ2) is 11.2. The predicted molar refractivity (Wildman–Crippen MR) is 136 cm³/mol. The molecule has 3 N–H and O–H groups in total. The van der Waals surface area contributed by atoms with Crippen LogP contribution in [0, 0.1) is 5.82 Å². The number of rotatable bonds is 11. The molecule has 1 aromatic heterocycles. The second-order valence-electron chi connectivity index (χ2n) is 9.70. The number of methoxy groups -OCH3 is 2. The summed E-state index contributed by atoms with van der Waals surface area (Å²) in [4.78, 5) is 4.46. The van der Waals surface area contributed by atoms with Crippen molar-refractivity contribution in [1.82, 2.24) is 10.3 Å². The molecule has 2 saturated carbocycles. The Hall–Kier alpha value is -1.93. The van der Waals surface area contributed by atoms with Crippen molar-refractivity contribution < 1.29 is 13.9 Å². The number of aromatic nitrogens is 1. The molecule has 2 aliphatic rings. The Morgan fingerprint density at radius 3 is 2.53 bits per heavy atom. The maximum atomic E-state index is 14.8. The monoisotopic (exact) mass is 490 g/mol. The Morgan fingerprint density at radius 2 is 1.85 bits per heavy atom. The van der Waals surface area contributed by atoms with Gasteiger partial charge in [-0.3, -0.25) is 0 Å². The standard InChI is InChI=1S/C26H36ClFN4O2/c1-17(15-33-2)31-18-4-6-19(7-5-18)32-25-13-21(23(27)14-29-25)22-12-20(8-9-24(22)28)30-16-26(34-3)10-11-26/h8-9,12-14,17-19,30-31H,4-7,10-11,15-16H2,1-3H3,(H,29,32)/t17-,18-,19-/m0/s1. The van der Waals surface area contributed by atoms with Crippen molar-refractivity contribution >= 4 is 23.1 Å². The number of nitrogens with zero attached hydrogens (tertiary/aromatic N) is 1. The van der Waals surface area contributed by atoms with Crippen LogP contribution in [0.5, 0.6) is 0 Å². The molecule has 0 radical (unpaired) electrons. The van der Waals surface area contributed by atoms with Crippen LogP contribution >= 0.6 is 11.6 Å². The van der Waals surface area contributed by atoms with Gasteiger partial charge in [-0.05, 0) is 69.7 Å². The van der Waals surface area contributed by atoms with E-state index >= 15 is 0 Å². The molecule has 1 atom stereocenters. The molecule has 0 aliphatic heterocycles. The normalized spacial score (nSPS) is 22.3. The van der Waals surface area contributed by atoms with E-state index in [9.17, 15) is 4.39 Å². The first kappa shape index (κ1) is 25.2. The molecule has 186 valence electrons. The van der Waals surface area contributed by atoms with E-state index in [4.69, 9.17) is 21.1 Å². The first-order valence-electron chi connectivity index (χ1n) is 12.2. The summed E-state index contributed by atoms with van der Waals surface area (Å²) in [5.74, 6) is 0.409. The number of pyridine rings is 1. The van der Waals surface area contributed by atoms with Gasteiger partial charge in [-0.2, -0.15) is 0 Å². The first-order valence-corrected chi connectivity index (χ1v) is 12.5. The third kappa shape index (κ3) is 6.39. The maximum Gasteiger partial charge on any atom is 0.131 e. The molecule has 8 heteroatoms. The second-order valence-corrected chi connectivity index (χ2v) is 10.1. The van der Waals surface area contributed by atoms with Gasteiger partial charge in [-0.25, -0.2) is 9.37 Å². The van der Waals surface area contributed by atoms with Crippen LogP contribution in [-0.4, -0.2) is 56.1 Å². The molecule has 2 aromatic rings. The lowest BCUT2D eigenvalue weighted by Crippen LogP contribution is -2.42. The smallest absolute Gasteiger partial charge is 0.131 e. The molecule has 6 nitrogen and oxygen atoms in total. The fourth-order valence-electron chi connectivity index (χ4n) is 4.74. The molecule has 1 heterocycles. The lowest BCUT2D eigenvalue weighted by Gasteiger charge is -2.32. The van der Waals surface area contributed by atoms with Gasteiger partial charge in [0.15, 0.2) is 0 Å². The minimum absolute atomic E-state index is 0.0870. The Labute approximate surface area is 207 Å². The Kier molecular flexibility index (Phi) is 8.30. The van der Waals surface area contributed by atoms with Crippen LogP contribution in [0.3, 0.4) is 0 Å². The molecule has 0 unspecified atom stereocenters. The quantitative estimate of drug-likeness (QED) is 0.387. The highest BCUT2D eigenvalue weighted by Crippen LogP contribution is 2.39. The molecule has 0 spiro atoms. The summed E-state index contributed by atoms with van der Waals surface area (Å²) in [7, 11) is 3.47. The first-order chi connectivity index (χ1) is 16.4. The largest absolute Gasteiger partial charge is 0.383 e. The Bertz CT molecular complexity index is 964. The van der Waals surface area contributed by atoms with Crippen LogP contribution in [0.15, 0.2) is 30.5 Å². The van der Waals surface area contributed by atoms with Gasteiger partial charge in [-0.1, -0.05) is 11.6 Å². The van der Waals surface area contributed by atoms with E-state index in [1.807, 2.05) is 12.1 Å². The van der Waals surface area contributed by atoms with Crippen molar-refractivity contribution in [3.63, 3.8) is 0 Å². The Balaban J connectivity index is 1.40. The number of halogens is 2. The number of hydrogen-bond donors (Lipinski definition) is 3. The highest BCUT2D eigenvalue weighted by molar-refractivity contribution is 6.33. The van der Waals surface area contributed by atoms with Gasteiger partial charge >= 0.3 is 0 Å². The average molecular weight is 491 g/mol. The van der Waals surface area contributed by atoms with Gasteiger partial charge in [0.2, 0.25) is 0 Å². The molecule has 2 aliphatic carbocycles. The van der Waals surface area contributed by atoms with E-state index in [0.717, 1.165) is 56.6 Å². The summed E-state index contributed by atoms with van der Waals surface area (Å²) >= 11 is 6.46. The molecule has 1 aromatic carbocycles. The number of ether oxygens (including phenoxy) is 2. The Morgan fingerprint density at radius 1 is 1.12 bits per heavy atom. The van der Waals surface area contributed by atoms with Crippen molar-refractivity contribution in [2.24, 2.45) is 0 Å². The van der Waals surface area contributed by atoms with Gasteiger partial charge in [0.25, 0.3) is 0 Å². The zero-order valence-corrected chi connectivity index (χ0v) is 21.1. The predicted octanol–water partition coefficient (Wildman–Crippen LogP) is 5.48. The summed E-state index contributed by atoms with van der Waals surface area (Å²) in [6.07, 6.45) is 7.97. The maximum absolute atomic E-state index is 14.8. The van der Waals surface area contributed by atoms with E-state index < -0.39 is 0 Å². The fraction of sp³-hybridized carbons (Fsp3) is 0.577. The summed E-state index contributed by atoms with van der Waals surface area (Å²) < 4.78 is 25.6. The number of benzene rings is 1. The number of hydrogen-bond acceptors (Lipinski definition) is 6. The molecular formula is C26H36ClFN4O2. The fourth-order valence-corrected chi connectivity index (χ4v) is 4.94. The van der Waals surface area contributed by atoms with Gasteiger partial charge in [-0.15, -0.1) is 0 Å². The van der Waals surface area contributed by atoms with Gasteiger partial charge in [0, 0.05) is 61.9 Å². The molecule has 34 heavy (non-hydrogen) atoms. The van der Waals surface area contributed by atoms with Crippen LogP contribution in [0.2, 0.25) is 5.02 Å². The average Bonchev–Trinajstić information content (AvgIpc) is 3.62. The molecule has 0 saturated heterocycles. The lowest BCUT2D eigenvalue weighted by atomic mass is 9.90. The zero-order chi connectivity index (χ0) is 24.1. The van der Waals surface area contributed by atoms with Crippen molar-refractivity contribution in [2.75, 3.05) is 38.0 Å². The van der Waals surface area contributed by atoms with E-state index in [1.54, 1.807) is 26.5 Å². The summed E-state index contributed by atoms with van der Waals surface area (Å²) in [5, 5.41) is 11.0. The minimum Gasteiger partial charge on any atom is -0.383 e. The number of anilines is 2. The van der Waals surface area contributed by atoms with Gasteiger partial charge in [0.1, 0.15) is 11.6 Å². The molecule has 0 bridgehead atoms. The van der Waals surface area contributed by atoms with Crippen LogP contribution < -0.4 is 16.0 Å². The van der Waals surface area contributed by atoms with Gasteiger partial charge < -0.3 is 25.4 Å².